The van der Waals surface area contributed by atoms with Crippen LogP contribution >= 0.6 is 0 Å². The van der Waals surface area contributed by atoms with Crippen LogP contribution in [-0.4, -0.2) is 25.3 Å². The Bertz CT molecular complexity index is 344. The van der Waals surface area contributed by atoms with Crippen LogP contribution in [0.25, 0.3) is 0 Å². The molecule has 1 aliphatic rings. The summed E-state index contributed by atoms with van der Waals surface area (Å²) in [6.07, 6.45) is 2.33. The van der Waals surface area contributed by atoms with Gasteiger partial charge in [0.15, 0.2) is 5.82 Å². The first-order valence-electron chi connectivity index (χ1n) is 4.64. The summed E-state index contributed by atoms with van der Waals surface area (Å²) in [5.41, 5.74) is 0. The van der Waals surface area contributed by atoms with Crippen molar-refractivity contribution in [2.45, 2.75) is 18.8 Å². The summed E-state index contributed by atoms with van der Waals surface area (Å²) >= 11 is 0. The summed E-state index contributed by atoms with van der Waals surface area (Å²) in [4.78, 5) is 12.7. The van der Waals surface area contributed by atoms with E-state index < -0.39 is 0 Å². The Morgan fingerprint density at radius 2 is 2.43 bits per heavy atom. The summed E-state index contributed by atoms with van der Waals surface area (Å²) in [5, 5.41) is 6.36. The first-order valence-corrected chi connectivity index (χ1v) is 4.64. The van der Waals surface area contributed by atoms with Gasteiger partial charge in [0.2, 0.25) is 0 Å². The van der Waals surface area contributed by atoms with Gasteiger partial charge in [-0.1, -0.05) is 5.16 Å². The smallest absolute Gasteiger partial charge is 0.322 e. The molecule has 0 bridgehead atoms. The zero-order valence-electron chi connectivity index (χ0n) is 8.28. The van der Waals surface area contributed by atoms with Crippen molar-refractivity contribution in [2.75, 3.05) is 19.0 Å². The standard InChI is InChI=1S/C9H13N3O2/c1-10-9(13)12(2)8-5-7(14-11-8)6-3-4-6/h5-6H,3-4H2,1-2H3,(H,10,13). The minimum Gasteiger partial charge on any atom is -0.359 e. The highest BCUT2D eigenvalue weighted by Gasteiger charge is 2.28. The predicted octanol–water partition coefficient (Wildman–Crippen LogP) is 1.33. The molecule has 1 N–H and O–H groups in total. The average molecular weight is 195 g/mol. The van der Waals surface area contributed by atoms with Crippen LogP contribution in [0.2, 0.25) is 0 Å². The lowest BCUT2D eigenvalue weighted by Crippen LogP contribution is -2.34. The highest BCUT2D eigenvalue weighted by Crippen LogP contribution is 2.40. The monoisotopic (exact) mass is 195 g/mol. The van der Waals surface area contributed by atoms with Crippen LogP contribution < -0.4 is 10.2 Å². The number of hydrogen-bond acceptors (Lipinski definition) is 3. The van der Waals surface area contributed by atoms with Crippen LogP contribution in [0.15, 0.2) is 10.6 Å². The summed E-state index contributed by atoms with van der Waals surface area (Å²) < 4.78 is 5.13. The van der Waals surface area contributed by atoms with Gasteiger partial charge in [0, 0.05) is 26.1 Å². The maximum absolute atomic E-state index is 11.2. The Kier molecular flexibility index (Phi) is 2.15. The van der Waals surface area contributed by atoms with Crippen LogP contribution in [0.3, 0.4) is 0 Å². The van der Waals surface area contributed by atoms with Crippen molar-refractivity contribution in [3.8, 4) is 0 Å². The maximum atomic E-state index is 11.2. The van der Waals surface area contributed by atoms with E-state index in [-0.39, 0.29) is 6.03 Å². The molecule has 0 saturated heterocycles. The zero-order valence-corrected chi connectivity index (χ0v) is 8.28. The van der Waals surface area contributed by atoms with Crippen molar-refractivity contribution >= 4 is 11.8 Å². The third kappa shape index (κ3) is 1.57. The number of urea groups is 1. The number of nitrogens with one attached hydrogen (secondary N) is 1. The average Bonchev–Trinajstić information content (AvgIpc) is 2.94. The molecular formula is C9H13N3O2. The number of anilines is 1. The predicted molar refractivity (Wildman–Crippen MR) is 51.3 cm³/mol. The van der Waals surface area contributed by atoms with Gasteiger partial charge >= 0.3 is 6.03 Å². The van der Waals surface area contributed by atoms with Crippen molar-refractivity contribution in [3.63, 3.8) is 0 Å². The van der Waals surface area contributed by atoms with E-state index >= 15 is 0 Å². The first-order chi connectivity index (χ1) is 6.72. The molecule has 0 unspecified atom stereocenters. The minimum absolute atomic E-state index is 0.194. The van der Waals surface area contributed by atoms with Gasteiger partial charge in [0.05, 0.1) is 0 Å². The largest absolute Gasteiger partial charge is 0.359 e. The van der Waals surface area contributed by atoms with Crippen molar-refractivity contribution in [3.05, 3.63) is 11.8 Å². The fourth-order valence-corrected chi connectivity index (χ4v) is 1.27. The number of aromatic nitrogens is 1. The Labute approximate surface area is 82.1 Å². The molecule has 2 amide bonds. The molecule has 1 fully saturated rings. The van der Waals surface area contributed by atoms with Gasteiger partial charge in [-0.15, -0.1) is 0 Å². The second kappa shape index (κ2) is 3.32. The third-order valence-corrected chi connectivity index (χ3v) is 2.36. The molecule has 2 rings (SSSR count). The van der Waals surface area contributed by atoms with Crippen molar-refractivity contribution in [1.82, 2.24) is 10.5 Å². The molecule has 1 aliphatic carbocycles. The van der Waals surface area contributed by atoms with E-state index in [0.29, 0.717) is 11.7 Å². The highest BCUT2D eigenvalue weighted by molar-refractivity contribution is 5.90. The normalized spacial score (nSPS) is 15.3. The Hall–Kier alpha value is -1.52. The van der Waals surface area contributed by atoms with Crippen LogP contribution in [0.1, 0.15) is 24.5 Å². The number of nitrogens with zero attached hydrogens (tertiary/aromatic N) is 2. The van der Waals surface area contributed by atoms with E-state index in [4.69, 9.17) is 4.52 Å². The Morgan fingerprint density at radius 1 is 1.71 bits per heavy atom. The van der Waals surface area contributed by atoms with Gasteiger partial charge in [0.1, 0.15) is 5.76 Å². The van der Waals surface area contributed by atoms with Gasteiger partial charge in [-0.05, 0) is 12.8 Å². The van der Waals surface area contributed by atoms with Gasteiger partial charge in [0.25, 0.3) is 0 Å². The van der Waals surface area contributed by atoms with Gasteiger partial charge in [-0.3, -0.25) is 4.90 Å². The fraction of sp³-hybridized carbons (Fsp3) is 0.556. The molecule has 1 heterocycles. The summed E-state index contributed by atoms with van der Waals surface area (Å²) in [6, 6.07) is 1.63. The number of amides is 2. The zero-order chi connectivity index (χ0) is 10.1. The van der Waals surface area contributed by atoms with Crippen molar-refractivity contribution in [2.24, 2.45) is 0 Å². The van der Waals surface area contributed by atoms with Crippen LogP contribution in [-0.2, 0) is 0 Å². The molecule has 0 aliphatic heterocycles. The van der Waals surface area contributed by atoms with Gasteiger partial charge in [-0.2, -0.15) is 0 Å². The van der Waals surface area contributed by atoms with E-state index in [1.807, 2.05) is 6.07 Å². The lowest BCUT2D eigenvalue weighted by Gasteiger charge is -2.11. The molecule has 1 aromatic rings. The topological polar surface area (TPSA) is 58.4 Å². The van der Waals surface area contributed by atoms with Crippen LogP contribution in [0.5, 0.6) is 0 Å². The summed E-state index contributed by atoms with van der Waals surface area (Å²) in [5.74, 6) is 1.97. The summed E-state index contributed by atoms with van der Waals surface area (Å²) in [6.45, 7) is 0. The molecule has 0 atom stereocenters. The molecule has 5 heteroatoms. The van der Waals surface area contributed by atoms with Crippen molar-refractivity contribution < 1.29 is 9.32 Å². The number of rotatable bonds is 2. The minimum atomic E-state index is -0.194. The molecule has 1 saturated carbocycles. The van der Waals surface area contributed by atoms with E-state index in [2.05, 4.69) is 10.5 Å². The molecular weight excluding hydrogens is 182 g/mol. The van der Waals surface area contributed by atoms with Crippen LogP contribution in [0, 0.1) is 0 Å². The molecule has 14 heavy (non-hydrogen) atoms. The second-order valence-corrected chi connectivity index (χ2v) is 3.48. The quantitative estimate of drug-likeness (QED) is 0.774. The molecule has 1 aromatic heterocycles. The molecule has 76 valence electrons. The van der Waals surface area contributed by atoms with E-state index in [9.17, 15) is 4.79 Å². The maximum Gasteiger partial charge on any atom is 0.322 e. The second-order valence-electron chi connectivity index (χ2n) is 3.48. The third-order valence-electron chi connectivity index (χ3n) is 2.36. The van der Waals surface area contributed by atoms with Crippen LogP contribution in [0.4, 0.5) is 10.6 Å². The van der Waals surface area contributed by atoms with E-state index in [1.54, 1.807) is 14.1 Å². The molecule has 0 radical (unpaired) electrons. The van der Waals surface area contributed by atoms with Gasteiger partial charge < -0.3 is 9.84 Å². The Balaban J connectivity index is 2.11. The SMILES string of the molecule is CNC(=O)N(C)c1cc(C2CC2)on1. The Morgan fingerprint density at radius 3 is 3.00 bits per heavy atom. The molecule has 0 spiro atoms. The van der Waals surface area contributed by atoms with Gasteiger partial charge in [-0.25, -0.2) is 4.79 Å². The summed E-state index contributed by atoms with van der Waals surface area (Å²) in [7, 11) is 3.24. The van der Waals surface area contributed by atoms with E-state index in [0.717, 1.165) is 5.76 Å². The fourth-order valence-electron chi connectivity index (χ4n) is 1.27. The molecule has 0 aromatic carbocycles. The van der Waals surface area contributed by atoms with Crippen molar-refractivity contribution in [1.29, 1.82) is 0 Å². The molecule has 5 nitrogen and oxygen atoms in total. The highest BCUT2D eigenvalue weighted by atomic mass is 16.5. The number of carbonyl (C=O) groups excluding carboxylic acids is 1. The lowest BCUT2D eigenvalue weighted by atomic mass is 10.3. The first kappa shape index (κ1) is 9.05. The van der Waals surface area contributed by atoms with E-state index in [1.165, 1.54) is 17.7 Å². The number of hydrogen-bond donors (Lipinski definition) is 1. The lowest BCUT2D eigenvalue weighted by molar-refractivity contribution is 0.249. The number of carbonyl (C=O) groups is 1.